The van der Waals surface area contributed by atoms with Crippen molar-refractivity contribution in [1.82, 2.24) is 10.3 Å². The molecule has 1 N–H and O–H groups in total. The zero-order valence-electron chi connectivity index (χ0n) is 10.1. The van der Waals surface area contributed by atoms with Crippen molar-refractivity contribution < 1.29 is 0 Å². The van der Waals surface area contributed by atoms with Crippen LogP contribution < -0.4 is 5.32 Å². The molecule has 88 valence electrons. The fourth-order valence-corrected chi connectivity index (χ4v) is 3.32. The normalized spacial score (nSPS) is 19.5. The van der Waals surface area contributed by atoms with Gasteiger partial charge in [0.05, 0.1) is 5.69 Å². The van der Waals surface area contributed by atoms with Gasteiger partial charge in [0.1, 0.15) is 5.01 Å². The number of rotatable bonds is 3. The Labute approximate surface area is 106 Å². The summed E-state index contributed by atoms with van der Waals surface area (Å²) in [7, 11) is 1.97. The van der Waals surface area contributed by atoms with Crippen LogP contribution in [0.15, 0.2) is 29.6 Å². The number of benzene rings is 1. The van der Waals surface area contributed by atoms with E-state index in [4.69, 9.17) is 4.98 Å². The first kappa shape index (κ1) is 10.9. The van der Waals surface area contributed by atoms with Crippen LogP contribution in [-0.2, 0) is 6.42 Å². The first-order valence-electron chi connectivity index (χ1n) is 6.00. The Hall–Kier alpha value is -1.19. The molecule has 0 saturated heterocycles. The number of fused-ring (bicyclic) bond motifs is 1. The average Bonchev–Trinajstić information content (AvgIpc) is 2.79. The monoisotopic (exact) mass is 244 g/mol. The second-order valence-electron chi connectivity index (χ2n) is 4.58. The zero-order chi connectivity index (χ0) is 11.8. The third-order valence-corrected chi connectivity index (χ3v) is 4.55. The summed E-state index contributed by atoms with van der Waals surface area (Å²) in [6.45, 7) is 2.15. The van der Waals surface area contributed by atoms with Crippen LogP contribution in [0.2, 0.25) is 0 Å². The molecule has 3 heteroatoms. The molecular formula is C14H16N2S. The Morgan fingerprint density at radius 1 is 1.41 bits per heavy atom. The lowest BCUT2D eigenvalue weighted by Gasteiger charge is -2.28. The molecule has 2 nitrogen and oxygen atoms in total. The summed E-state index contributed by atoms with van der Waals surface area (Å²) in [4.78, 5) is 4.76. The van der Waals surface area contributed by atoms with Gasteiger partial charge in [-0.3, -0.25) is 0 Å². The summed E-state index contributed by atoms with van der Waals surface area (Å²) in [6.07, 6.45) is 1.15. The summed E-state index contributed by atoms with van der Waals surface area (Å²) in [5.74, 6) is 0.536. The third kappa shape index (κ3) is 1.79. The van der Waals surface area contributed by atoms with E-state index in [1.165, 1.54) is 16.1 Å². The Balaban J connectivity index is 1.86. The first-order valence-corrected chi connectivity index (χ1v) is 6.88. The van der Waals surface area contributed by atoms with Crippen LogP contribution in [0.3, 0.4) is 0 Å². The summed E-state index contributed by atoms with van der Waals surface area (Å²) < 4.78 is 0. The van der Waals surface area contributed by atoms with Crippen LogP contribution in [-0.4, -0.2) is 12.0 Å². The maximum Gasteiger partial charge on any atom is 0.101 e. The smallest absolute Gasteiger partial charge is 0.101 e. The zero-order valence-corrected chi connectivity index (χ0v) is 10.9. The Kier molecular flexibility index (Phi) is 2.73. The number of thiazole rings is 1. The number of hydrogen-bond donors (Lipinski definition) is 1. The van der Waals surface area contributed by atoms with Crippen molar-refractivity contribution in [2.75, 3.05) is 7.05 Å². The van der Waals surface area contributed by atoms with Gasteiger partial charge in [-0.1, -0.05) is 24.3 Å². The molecule has 0 spiro atoms. The van der Waals surface area contributed by atoms with Gasteiger partial charge in [-0.2, -0.15) is 0 Å². The molecule has 0 amide bonds. The number of nitrogens with zero attached hydrogens (tertiary/aromatic N) is 1. The van der Waals surface area contributed by atoms with E-state index in [0.29, 0.717) is 12.0 Å². The van der Waals surface area contributed by atoms with Crippen LogP contribution in [0.4, 0.5) is 0 Å². The number of nitrogens with one attached hydrogen (secondary N) is 1. The molecule has 1 heterocycles. The maximum atomic E-state index is 4.76. The maximum absolute atomic E-state index is 4.76. The number of aromatic nitrogens is 1. The minimum atomic E-state index is 0.343. The number of hydrogen-bond acceptors (Lipinski definition) is 3. The van der Waals surface area contributed by atoms with E-state index in [2.05, 4.69) is 41.9 Å². The molecule has 2 aromatic rings. The predicted octanol–water partition coefficient (Wildman–Crippen LogP) is 3.11. The van der Waals surface area contributed by atoms with Crippen molar-refractivity contribution >= 4 is 11.3 Å². The minimum absolute atomic E-state index is 0.343. The summed E-state index contributed by atoms with van der Waals surface area (Å²) in [5, 5.41) is 6.68. The molecule has 0 fully saturated rings. The molecule has 0 radical (unpaired) electrons. The van der Waals surface area contributed by atoms with Crippen LogP contribution in [0.5, 0.6) is 0 Å². The van der Waals surface area contributed by atoms with E-state index in [9.17, 15) is 0 Å². The fourth-order valence-electron chi connectivity index (χ4n) is 2.29. The molecule has 1 aromatic heterocycles. The van der Waals surface area contributed by atoms with Gasteiger partial charge in [-0.15, -0.1) is 11.3 Å². The second kappa shape index (κ2) is 4.24. The highest BCUT2D eigenvalue weighted by Gasteiger charge is 2.29. The molecular weight excluding hydrogens is 228 g/mol. The summed E-state index contributed by atoms with van der Waals surface area (Å²) in [6, 6.07) is 9.03. The quantitative estimate of drug-likeness (QED) is 0.897. The lowest BCUT2D eigenvalue weighted by Crippen LogP contribution is -2.18. The van der Waals surface area contributed by atoms with Crippen LogP contribution in [0.25, 0.3) is 0 Å². The van der Waals surface area contributed by atoms with Crippen molar-refractivity contribution in [2.45, 2.75) is 25.3 Å². The summed E-state index contributed by atoms with van der Waals surface area (Å²) >= 11 is 1.79. The van der Waals surface area contributed by atoms with Crippen molar-refractivity contribution in [3.8, 4) is 0 Å². The van der Waals surface area contributed by atoms with E-state index in [1.807, 2.05) is 7.05 Å². The van der Waals surface area contributed by atoms with E-state index < -0.39 is 0 Å². The van der Waals surface area contributed by atoms with E-state index in [-0.39, 0.29) is 0 Å². The lowest BCUT2D eigenvalue weighted by atomic mass is 9.78. The van der Waals surface area contributed by atoms with Gasteiger partial charge >= 0.3 is 0 Å². The Morgan fingerprint density at radius 3 is 3.00 bits per heavy atom. The highest BCUT2D eigenvalue weighted by atomic mass is 32.1. The highest BCUT2D eigenvalue weighted by molar-refractivity contribution is 7.09. The molecule has 2 atom stereocenters. The molecule has 17 heavy (non-hydrogen) atoms. The Bertz CT molecular complexity index is 533. The van der Waals surface area contributed by atoms with Crippen molar-refractivity contribution in [3.63, 3.8) is 0 Å². The van der Waals surface area contributed by atoms with Crippen LogP contribution in [0.1, 0.15) is 40.7 Å². The average molecular weight is 244 g/mol. The van der Waals surface area contributed by atoms with Gasteiger partial charge < -0.3 is 5.32 Å². The highest BCUT2D eigenvalue weighted by Crippen LogP contribution is 2.41. The van der Waals surface area contributed by atoms with Gasteiger partial charge in [-0.05, 0) is 31.5 Å². The standard InChI is InChI=1S/C14H16N2S/c1-9(15-2)13-8-17-14(16-13)12-7-10-5-3-4-6-11(10)12/h3-6,8-9,12,15H,7H2,1-2H3. The first-order chi connectivity index (χ1) is 8.29. The molecule has 2 unspecified atom stereocenters. The van der Waals surface area contributed by atoms with Gasteiger partial charge in [0.15, 0.2) is 0 Å². The van der Waals surface area contributed by atoms with Crippen LogP contribution >= 0.6 is 11.3 Å². The minimum Gasteiger partial charge on any atom is -0.312 e. The van der Waals surface area contributed by atoms with Gasteiger partial charge in [0.25, 0.3) is 0 Å². The van der Waals surface area contributed by atoms with E-state index in [0.717, 1.165) is 12.1 Å². The molecule has 1 aliphatic carbocycles. The van der Waals surface area contributed by atoms with Gasteiger partial charge in [0, 0.05) is 17.3 Å². The second-order valence-corrected chi connectivity index (χ2v) is 5.47. The largest absolute Gasteiger partial charge is 0.312 e. The third-order valence-electron chi connectivity index (χ3n) is 3.57. The molecule has 1 aliphatic rings. The molecule has 3 rings (SSSR count). The van der Waals surface area contributed by atoms with E-state index in [1.54, 1.807) is 11.3 Å². The van der Waals surface area contributed by atoms with E-state index >= 15 is 0 Å². The van der Waals surface area contributed by atoms with Crippen molar-refractivity contribution in [2.24, 2.45) is 0 Å². The predicted molar refractivity (Wildman–Crippen MR) is 71.6 cm³/mol. The molecule has 1 aromatic carbocycles. The fraction of sp³-hybridized carbons (Fsp3) is 0.357. The molecule has 0 aliphatic heterocycles. The van der Waals surface area contributed by atoms with Gasteiger partial charge in [-0.25, -0.2) is 4.98 Å². The van der Waals surface area contributed by atoms with Crippen molar-refractivity contribution in [1.29, 1.82) is 0 Å². The van der Waals surface area contributed by atoms with Crippen LogP contribution in [0, 0.1) is 0 Å². The SMILES string of the molecule is CNC(C)c1csc(C2Cc3ccccc32)n1. The molecule has 0 bridgehead atoms. The Morgan fingerprint density at radius 2 is 2.24 bits per heavy atom. The topological polar surface area (TPSA) is 24.9 Å². The summed E-state index contributed by atoms with van der Waals surface area (Å²) in [5.41, 5.74) is 4.11. The lowest BCUT2D eigenvalue weighted by molar-refractivity contribution is 0.626. The van der Waals surface area contributed by atoms with Gasteiger partial charge in [0.2, 0.25) is 0 Å². The van der Waals surface area contributed by atoms with Crippen molar-refractivity contribution in [3.05, 3.63) is 51.5 Å². The molecule has 0 saturated carbocycles.